The Kier molecular flexibility index (Phi) is 6.02. The van der Waals surface area contributed by atoms with Gasteiger partial charge in [0.1, 0.15) is 0 Å². The molecule has 3 heteroatoms. The lowest BCUT2D eigenvalue weighted by atomic mass is 9.96. The quantitative estimate of drug-likeness (QED) is 0.223. The van der Waals surface area contributed by atoms with E-state index >= 15 is 0 Å². The zero-order chi connectivity index (χ0) is 21.9. The summed E-state index contributed by atoms with van der Waals surface area (Å²) in [5.74, 6) is 0. The first kappa shape index (κ1) is 20.9. The van der Waals surface area contributed by atoms with Gasteiger partial charge < -0.3 is 4.90 Å². The van der Waals surface area contributed by atoms with Crippen molar-refractivity contribution in [1.29, 1.82) is 0 Å². The monoisotopic (exact) mass is 495 g/mol. The van der Waals surface area contributed by atoms with Crippen molar-refractivity contribution in [3.63, 3.8) is 0 Å². The zero-order valence-corrected chi connectivity index (χ0v) is 20.1. The van der Waals surface area contributed by atoms with Crippen molar-refractivity contribution in [3.8, 4) is 11.1 Å². The summed E-state index contributed by atoms with van der Waals surface area (Å²) in [5, 5.41) is 2.49. The maximum atomic E-state index is 3.64. The molecule has 0 unspecified atom stereocenters. The first-order chi connectivity index (χ1) is 15.7. The van der Waals surface area contributed by atoms with Gasteiger partial charge in [0.15, 0.2) is 0 Å². The fourth-order valence-corrected chi connectivity index (χ4v) is 5.29. The molecule has 1 nitrogen and oxygen atoms in total. The molecule has 156 valence electrons. The van der Waals surface area contributed by atoms with Crippen LogP contribution in [0.4, 0.5) is 17.1 Å². The number of thioether (sulfide) groups is 1. The summed E-state index contributed by atoms with van der Waals surface area (Å²) in [7, 11) is 0. The molecular formula is C29H22BrNS. The number of para-hydroxylation sites is 2. The van der Waals surface area contributed by atoms with Gasteiger partial charge in [-0.25, -0.2) is 0 Å². The Balaban J connectivity index is 1.80. The van der Waals surface area contributed by atoms with E-state index < -0.39 is 0 Å². The molecule has 0 saturated carbocycles. The number of anilines is 3. The zero-order valence-electron chi connectivity index (χ0n) is 17.7. The van der Waals surface area contributed by atoms with Gasteiger partial charge in [0, 0.05) is 26.4 Å². The van der Waals surface area contributed by atoms with E-state index in [1.54, 1.807) is 11.8 Å². The van der Waals surface area contributed by atoms with Crippen LogP contribution in [0.25, 0.3) is 21.9 Å². The van der Waals surface area contributed by atoms with Crippen molar-refractivity contribution in [1.82, 2.24) is 0 Å². The molecule has 32 heavy (non-hydrogen) atoms. The lowest BCUT2D eigenvalue weighted by Crippen LogP contribution is -2.10. The van der Waals surface area contributed by atoms with Crippen LogP contribution in [0.5, 0.6) is 0 Å². The second kappa shape index (κ2) is 9.23. The molecule has 5 aromatic carbocycles. The van der Waals surface area contributed by atoms with Crippen molar-refractivity contribution in [3.05, 3.63) is 120 Å². The van der Waals surface area contributed by atoms with Crippen molar-refractivity contribution in [2.75, 3.05) is 11.2 Å². The van der Waals surface area contributed by atoms with Crippen molar-refractivity contribution in [2.45, 2.75) is 4.90 Å². The third-order valence-electron chi connectivity index (χ3n) is 5.59. The maximum Gasteiger partial charge on any atom is 0.0474 e. The molecule has 0 aromatic heterocycles. The standard InChI is InChI=1S/C29H22BrNS/c1-32-29-19-22(30)16-17-27(29)28-20-25(18-21-10-8-9-15-26(21)28)31(23-11-4-2-5-12-23)24-13-6-3-7-14-24/h2-20H,1H3. The minimum absolute atomic E-state index is 1.10. The van der Waals surface area contributed by atoms with Crippen LogP contribution in [0.1, 0.15) is 0 Å². The summed E-state index contributed by atoms with van der Waals surface area (Å²) in [6.45, 7) is 0. The van der Waals surface area contributed by atoms with Crippen LogP contribution in [-0.4, -0.2) is 6.26 Å². The first-order valence-electron chi connectivity index (χ1n) is 10.5. The SMILES string of the molecule is CSc1cc(Br)ccc1-c1cc(N(c2ccccc2)c2ccccc2)cc2ccccc12. The number of halogens is 1. The van der Waals surface area contributed by atoms with Crippen molar-refractivity contribution >= 4 is 55.5 Å². The molecule has 0 radical (unpaired) electrons. The number of benzene rings is 5. The lowest BCUT2D eigenvalue weighted by Gasteiger charge is -2.27. The van der Waals surface area contributed by atoms with Crippen LogP contribution in [0, 0.1) is 0 Å². The Morgan fingerprint density at radius 2 is 1.22 bits per heavy atom. The second-order valence-corrected chi connectivity index (χ2v) is 9.33. The highest BCUT2D eigenvalue weighted by Gasteiger charge is 2.16. The molecular weight excluding hydrogens is 474 g/mol. The molecule has 0 amide bonds. The van der Waals surface area contributed by atoms with Gasteiger partial charge in [-0.1, -0.05) is 82.7 Å². The van der Waals surface area contributed by atoms with Crippen LogP contribution in [0.2, 0.25) is 0 Å². The Morgan fingerprint density at radius 1 is 0.594 bits per heavy atom. The Morgan fingerprint density at radius 3 is 1.88 bits per heavy atom. The van der Waals surface area contributed by atoms with Gasteiger partial charge in [0.2, 0.25) is 0 Å². The molecule has 0 aliphatic carbocycles. The van der Waals surface area contributed by atoms with Crippen LogP contribution < -0.4 is 4.90 Å². The lowest BCUT2D eigenvalue weighted by molar-refractivity contribution is 1.29. The molecule has 0 bridgehead atoms. The summed E-state index contributed by atoms with van der Waals surface area (Å²) in [6, 6.07) is 40.9. The molecule has 0 fully saturated rings. The molecule has 0 aliphatic rings. The van der Waals surface area contributed by atoms with Gasteiger partial charge in [0.05, 0.1) is 0 Å². The Bertz CT molecular complexity index is 1330. The summed E-state index contributed by atoms with van der Waals surface area (Å²) in [5.41, 5.74) is 5.92. The molecule has 0 saturated heterocycles. The Hall–Kier alpha value is -3.01. The summed E-state index contributed by atoms with van der Waals surface area (Å²) in [4.78, 5) is 3.58. The van der Waals surface area contributed by atoms with E-state index in [-0.39, 0.29) is 0 Å². The highest BCUT2D eigenvalue weighted by atomic mass is 79.9. The van der Waals surface area contributed by atoms with Crippen LogP contribution in [0.15, 0.2) is 125 Å². The highest BCUT2D eigenvalue weighted by molar-refractivity contribution is 9.10. The predicted molar refractivity (Wildman–Crippen MR) is 144 cm³/mol. The smallest absolute Gasteiger partial charge is 0.0474 e. The number of hydrogen-bond acceptors (Lipinski definition) is 2. The van der Waals surface area contributed by atoms with Gasteiger partial charge in [-0.3, -0.25) is 0 Å². The topological polar surface area (TPSA) is 3.24 Å². The summed E-state index contributed by atoms with van der Waals surface area (Å²) in [6.07, 6.45) is 2.14. The van der Waals surface area contributed by atoms with E-state index in [1.807, 2.05) is 0 Å². The third kappa shape index (κ3) is 4.06. The fourth-order valence-electron chi connectivity index (χ4n) is 4.14. The van der Waals surface area contributed by atoms with Crippen molar-refractivity contribution in [2.24, 2.45) is 0 Å². The largest absolute Gasteiger partial charge is 0.310 e. The van der Waals surface area contributed by atoms with Gasteiger partial charge in [-0.15, -0.1) is 11.8 Å². The summed E-state index contributed by atoms with van der Waals surface area (Å²) >= 11 is 5.41. The van der Waals surface area contributed by atoms with Crippen LogP contribution in [0.3, 0.4) is 0 Å². The third-order valence-corrected chi connectivity index (χ3v) is 6.86. The highest BCUT2D eigenvalue weighted by Crippen LogP contribution is 2.42. The minimum Gasteiger partial charge on any atom is -0.310 e. The molecule has 5 rings (SSSR count). The summed E-state index contributed by atoms with van der Waals surface area (Å²) < 4.78 is 1.10. The van der Waals surface area contributed by atoms with Gasteiger partial charge in [0.25, 0.3) is 0 Å². The maximum absolute atomic E-state index is 3.64. The average Bonchev–Trinajstić information content (AvgIpc) is 2.85. The molecule has 0 N–H and O–H groups in total. The number of hydrogen-bond donors (Lipinski definition) is 0. The van der Waals surface area contributed by atoms with Crippen LogP contribution >= 0.6 is 27.7 Å². The van der Waals surface area contributed by atoms with Gasteiger partial charge in [-0.2, -0.15) is 0 Å². The predicted octanol–water partition coefficient (Wildman–Crippen LogP) is 9.46. The molecule has 0 aliphatic heterocycles. The number of fused-ring (bicyclic) bond motifs is 1. The molecule has 0 atom stereocenters. The average molecular weight is 496 g/mol. The van der Waals surface area contributed by atoms with Crippen molar-refractivity contribution < 1.29 is 0 Å². The van der Waals surface area contributed by atoms with Gasteiger partial charge >= 0.3 is 0 Å². The molecule has 0 heterocycles. The normalized spacial score (nSPS) is 10.9. The van der Waals surface area contributed by atoms with E-state index in [2.05, 4.69) is 142 Å². The first-order valence-corrected chi connectivity index (χ1v) is 12.5. The number of rotatable bonds is 5. The van der Waals surface area contributed by atoms with E-state index in [1.165, 1.54) is 26.8 Å². The van der Waals surface area contributed by atoms with E-state index in [0.29, 0.717) is 0 Å². The van der Waals surface area contributed by atoms with Gasteiger partial charge in [-0.05, 0) is 76.7 Å². The Labute approximate surface area is 201 Å². The second-order valence-electron chi connectivity index (χ2n) is 7.57. The van der Waals surface area contributed by atoms with E-state index in [0.717, 1.165) is 21.5 Å². The molecule has 5 aromatic rings. The molecule has 0 spiro atoms. The number of nitrogens with zero attached hydrogens (tertiary/aromatic N) is 1. The van der Waals surface area contributed by atoms with E-state index in [4.69, 9.17) is 0 Å². The minimum atomic E-state index is 1.10. The fraction of sp³-hybridized carbons (Fsp3) is 0.0345. The van der Waals surface area contributed by atoms with Crippen LogP contribution in [-0.2, 0) is 0 Å². The van der Waals surface area contributed by atoms with E-state index in [9.17, 15) is 0 Å².